The summed E-state index contributed by atoms with van der Waals surface area (Å²) in [6.07, 6.45) is 19.0. The first kappa shape index (κ1) is 18.2. The highest BCUT2D eigenvalue weighted by molar-refractivity contribution is 7.60. The van der Waals surface area contributed by atoms with Crippen molar-refractivity contribution in [3.8, 4) is 0 Å². The highest BCUT2D eigenvalue weighted by Crippen LogP contribution is 2.45. The maximum Gasteiger partial charge on any atom is -0.0289 e. The number of rotatable bonds is 11. The number of hydrogen-bond donors (Lipinski definition) is 0. The Kier molecular flexibility index (Phi) is 10.7. The Labute approximate surface area is 129 Å². The molecule has 0 nitrogen and oxygen atoms in total. The van der Waals surface area contributed by atoms with Crippen LogP contribution in [0.3, 0.4) is 0 Å². The van der Waals surface area contributed by atoms with Crippen molar-refractivity contribution in [2.75, 3.05) is 12.3 Å². The molecule has 0 bridgehead atoms. The average Bonchev–Trinajstić information content (AvgIpc) is 2.48. The summed E-state index contributed by atoms with van der Waals surface area (Å²) in [7, 11) is 0.225. The maximum atomic E-state index is 3.98. The highest BCUT2D eigenvalue weighted by atomic mass is 31.1. The van der Waals surface area contributed by atoms with Crippen LogP contribution >= 0.6 is 7.92 Å². The monoisotopic (exact) mass is 296 g/mol. The third-order valence-electron chi connectivity index (χ3n) is 5.04. The van der Waals surface area contributed by atoms with Gasteiger partial charge in [0.05, 0.1) is 0 Å². The minimum atomic E-state index is 0.225. The molecule has 0 aromatic carbocycles. The standard InChI is InChI=1S/C19H37P/c1-4-7-8-11-18(10-5-2)12-9-13-19-14-16-20(6-3)17-15-19/h6,18-19H,3-5,7-17H2,1-2H3. The van der Waals surface area contributed by atoms with E-state index in [-0.39, 0.29) is 7.92 Å². The van der Waals surface area contributed by atoms with E-state index in [9.17, 15) is 0 Å². The summed E-state index contributed by atoms with van der Waals surface area (Å²) < 4.78 is 0. The molecule has 20 heavy (non-hydrogen) atoms. The molecule has 1 atom stereocenters. The molecular weight excluding hydrogens is 259 g/mol. The van der Waals surface area contributed by atoms with Crippen LogP contribution in [-0.2, 0) is 0 Å². The summed E-state index contributed by atoms with van der Waals surface area (Å²) in [6, 6.07) is 0. The molecule has 0 N–H and O–H groups in total. The molecule has 1 aliphatic heterocycles. The largest absolute Gasteiger partial charge is 0.0986 e. The van der Waals surface area contributed by atoms with Gasteiger partial charge in [0.2, 0.25) is 0 Å². The van der Waals surface area contributed by atoms with Crippen molar-refractivity contribution in [3.05, 3.63) is 12.4 Å². The Morgan fingerprint density at radius 2 is 1.70 bits per heavy atom. The van der Waals surface area contributed by atoms with E-state index in [1.807, 2.05) is 0 Å². The third-order valence-corrected chi connectivity index (χ3v) is 7.23. The molecule has 1 unspecified atom stereocenters. The van der Waals surface area contributed by atoms with E-state index in [0.29, 0.717) is 0 Å². The van der Waals surface area contributed by atoms with Crippen molar-refractivity contribution in [2.24, 2.45) is 11.8 Å². The summed E-state index contributed by atoms with van der Waals surface area (Å²) in [5, 5.41) is 0. The van der Waals surface area contributed by atoms with E-state index in [1.165, 1.54) is 83.0 Å². The molecule has 1 aliphatic rings. The zero-order chi connectivity index (χ0) is 14.6. The molecule has 1 saturated heterocycles. The van der Waals surface area contributed by atoms with Gasteiger partial charge in [-0.25, -0.2) is 0 Å². The molecule has 0 spiro atoms. The second-order valence-corrected chi connectivity index (χ2v) is 9.18. The summed E-state index contributed by atoms with van der Waals surface area (Å²) in [5.74, 6) is 4.32. The lowest BCUT2D eigenvalue weighted by atomic mass is 9.88. The Balaban J connectivity index is 2.11. The van der Waals surface area contributed by atoms with Crippen LogP contribution in [0, 0.1) is 11.8 Å². The van der Waals surface area contributed by atoms with E-state index in [0.717, 1.165) is 11.8 Å². The fraction of sp³-hybridized carbons (Fsp3) is 0.895. The molecule has 1 heteroatoms. The van der Waals surface area contributed by atoms with Crippen molar-refractivity contribution in [1.82, 2.24) is 0 Å². The fourth-order valence-corrected chi connectivity index (χ4v) is 5.63. The topological polar surface area (TPSA) is 0 Å². The van der Waals surface area contributed by atoms with Crippen LogP contribution in [0.2, 0.25) is 0 Å². The van der Waals surface area contributed by atoms with Crippen LogP contribution < -0.4 is 0 Å². The van der Waals surface area contributed by atoms with Crippen molar-refractivity contribution < 1.29 is 0 Å². The van der Waals surface area contributed by atoms with E-state index in [1.54, 1.807) is 0 Å². The second-order valence-electron chi connectivity index (χ2n) is 6.74. The Bertz CT molecular complexity index is 228. The maximum absolute atomic E-state index is 3.98. The van der Waals surface area contributed by atoms with Crippen LogP contribution in [0.4, 0.5) is 0 Å². The molecule has 118 valence electrons. The molecule has 1 fully saturated rings. The number of hydrogen-bond acceptors (Lipinski definition) is 0. The van der Waals surface area contributed by atoms with Gasteiger partial charge in [0.15, 0.2) is 0 Å². The molecule has 0 saturated carbocycles. The van der Waals surface area contributed by atoms with E-state index >= 15 is 0 Å². The molecule has 0 aromatic heterocycles. The normalized spacial score (nSPS) is 24.5. The van der Waals surface area contributed by atoms with Crippen molar-refractivity contribution in [3.63, 3.8) is 0 Å². The lowest BCUT2D eigenvalue weighted by molar-refractivity contribution is 0.352. The zero-order valence-electron chi connectivity index (χ0n) is 14.1. The van der Waals surface area contributed by atoms with Gasteiger partial charge in [-0.2, -0.15) is 0 Å². The minimum absolute atomic E-state index is 0.225. The van der Waals surface area contributed by atoms with E-state index in [2.05, 4.69) is 26.2 Å². The quantitative estimate of drug-likeness (QED) is 0.279. The predicted octanol–water partition coefficient (Wildman–Crippen LogP) is 7.19. The van der Waals surface area contributed by atoms with Crippen LogP contribution in [0.1, 0.15) is 84.5 Å². The van der Waals surface area contributed by atoms with Gasteiger partial charge in [0, 0.05) is 0 Å². The van der Waals surface area contributed by atoms with Gasteiger partial charge in [0.1, 0.15) is 0 Å². The molecule has 1 rings (SSSR count). The molecule has 0 amide bonds. The van der Waals surface area contributed by atoms with Crippen LogP contribution in [0.5, 0.6) is 0 Å². The van der Waals surface area contributed by atoms with Crippen LogP contribution in [0.25, 0.3) is 0 Å². The van der Waals surface area contributed by atoms with Crippen molar-refractivity contribution >= 4 is 7.92 Å². The van der Waals surface area contributed by atoms with Crippen molar-refractivity contribution in [2.45, 2.75) is 84.5 Å². The smallest absolute Gasteiger partial charge is 0.0289 e. The lowest BCUT2D eigenvalue weighted by Crippen LogP contribution is -2.11. The summed E-state index contributed by atoms with van der Waals surface area (Å²) in [4.78, 5) is 0. The predicted molar refractivity (Wildman–Crippen MR) is 96.0 cm³/mol. The van der Waals surface area contributed by atoms with Gasteiger partial charge >= 0.3 is 0 Å². The number of unbranched alkanes of at least 4 members (excludes halogenated alkanes) is 2. The van der Waals surface area contributed by atoms with Crippen LogP contribution in [-0.4, -0.2) is 12.3 Å². The Morgan fingerprint density at radius 1 is 1.00 bits per heavy atom. The van der Waals surface area contributed by atoms with Gasteiger partial charge in [-0.05, 0) is 37.0 Å². The van der Waals surface area contributed by atoms with Gasteiger partial charge in [-0.3, -0.25) is 0 Å². The summed E-state index contributed by atoms with van der Waals surface area (Å²) >= 11 is 0. The first-order valence-corrected chi connectivity index (χ1v) is 10.9. The van der Waals surface area contributed by atoms with Gasteiger partial charge < -0.3 is 0 Å². The highest BCUT2D eigenvalue weighted by Gasteiger charge is 2.18. The molecule has 0 radical (unpaired) electrons. The SMILES string of the molecule is C=CP1CCC(CCCC(CCC)CCCCC)CC1. The first-order chi connectivity index (χ1) is 9.80. The molecule has 1 heterocycles. The van der Waals surface area contributed by atoms with E-state index in [4.69, 9.17) is 0 Å². The second kappa shape index (κ2) is 11.8. The Morgan fingerprint density at radius 3 is 2.30 bits per heavy atom. The van der Waals surface area contributed by atoms with Crippen LogP contribution in [0.15, 0.2) is 12.4 Å². The van der Waals surface area contributed by atoms with Crippen molar-refractivity contribution in [1.29, 1.82) is 0 Å². The molecular formula is C19H37P. The lowest BCUT2D eigenvalue weighted by Gasteiger charge is -2.27. The fourth-order valence-electron chi connectivity index (χ4n) is 3.64. The average molecular weight is 296 g/mol. The Hall–Kier alpha value is 0.170. The van der Waals surface area contributed by atoms with Gasteiger partial charge in [-0.15, -0.1) is 0 Å². The first-order valence-electron chi connectivity index (χ1n) is 9.16. The third kappa shape index (κ3) is 7.82. The zero-order valence-corrected chi connectivity index (χ0v) is 15.0. The van der Waals surface area contributed by atoms with Gasteiger partial charge in [-0.1, -0.05) is 92.0 Å². The van der Waals surface area contributed by atoms with Gasteiger partial charge in [0.25, 0.3) is 0 Å². The summed E-state index contributed by atoms with van der Waals surface area (Å²) in [5.41, 5.74) is 0. The minimum Gasteiger partial charge on any atom is -0.0986 e. The van der Waals surface area contributed by atoms with E-state index < -0.39 is 0 Å². The molecule has 0 aromatic rings. The molecule has 0 aliphatic carbocycles. The summed E-state index contributed by atoms with van der Waals surface area (Å²) in [6.45, 7) is 8.65.